The quantitative estimate of drug-likeness (QED) is 0.343. The van der Waals surface area contributed by atoms with Crippen LogP contribution in [0.5, 0.6) is 0 Å². The Morgan fingerprint density at radius 3 is 2.73 bits per heavy atom. The Labute approximate surface area is 170 Å². The molecule has 134 valence electrons. The van der Waals surface area contributed by atoms with E-state index in [1.165, 1.54) is 16.2 Å². The molecule has 7 heteroatoms. The van der Waals surface area contributed by atoms with E-state index in [0.717, 1.165) is 23.4 Å². The van der Waals surface area contributed by atoms with Crippen molar-refractivity contribution in [2.24, 2.45) is 0 Å². The average Bonchev–Trinajstić information content (AvgIpc) is 3.07. The van der Waals surface area contributed by atoms with Gasteiger partial charge in [-0.15, -0.1) is 23.1 Å². The highest BCUT2D eigenvalue weighted by Gasteiger charge is 2.11. The van der Waals surface area contributed by atoms with E-state index in [1.54, 1.807) is 23.9 Å². The van der Waals surface area contributed by atoms with Gasteiger partial charge in [-0.3, -0.25) is 4.79 Å². The number of amides is 1. The van der Waals surface area contributed by atoms with Crippen LogP contribution in [0.25, 0.3) is 11.3 Å². The number of thioether (sulfide) groups is 1. The van der Waals surface area contributed by atoms with E-state index in [2.05, 4.69) is 22.4 Å². The van der Waals surface area contributed by atoms with Crippen molar-refractivity contribution in [3.05, 3.63) is 64.0 Å². The average molecular weight is 423 g/mol. The van der Waals surface area contributed by atoms with Gasteiger partial charge in [0, 0.05) is 27.3 Å². The second-order valence-electron chi connectivity index (χ2n) is 5.48. The van der Waals surface area contributed by atoms with Gasteiger partial charge in [0.2, 0.25) is 5.91 Å². The first-order valence-electron chi connectivity index (χ1n) is 8.00. The van der Waals surface area contributed by atoms with Gasteiger partial charge in [-0.25, -0.2) is 4.98 Å². The van der Waals surface area contributed by atoms with Gasteiger partial charge in [0.05, 0.1) is 10.7 Å². The molecule has 0 atom stereocenters. The number of halogens is 2. The Kier molecular flexibility index (Phi) is 6.97. The third-order valence-electron chi connectivity index (χ3n) is 3.52. The molecule has 2 aromatic carbocycles. The van der Waals surface area contributed by atoms with Gasteiger partial charge in [0.15, 0.2) is 5.13 Å². The highest BCUT2D eigenvalue weighted by Crippen LogP contribution is 2.32. The second kappa shape index (κ2) is 9.42. The molecule has 1 aromatic heterocycles. The minimum atomic E-state index is -0.0261. The minimum Gasteiger partial charge on any atom is -0.302 e. The van der Waals surface area contributed by atoms with Crippen LogP contribution in [0.4, 0.5) is 5.13 Å². The van der Waals surface area contributed by atoms with Crippen molar-refractivity contribution >= 4 is 57.3 Å². The summed E-state index contributed by atoms with van der Waals surface area (Å²) in [5.74, 6) is 0.878. The molecule has 0 unspecified atom stereocenters. The number of benzene rings is 2. The van der Waals surface area contributed by atoms with Crippen LogP contribution in [0.1, 0.15) is 12.8 Å². The van der Waals surface area contributed by atoms with Crippen LogP contribution < -0.4 is 5.32 Å². The molecule has 3 rings (SSSR count). The Bertz CT molecular complexity index is 884. The van der Waals surface area contributed by atoms with Crippen LogP contribution in [0, 0.1) is 0 Å². The van der Waals surface area contributed by atoms with Gasteiger partial charge in [-0.05, 0) is 42.5 Å². The van der Waals surface area contributed by atoms with Gasteiger partial charge in [-0.2, -0.15) is 0 Å². The van der Waals surface area contributed by atoms with Crippen molar-refractivity contribution in [3.63, 3.8) is 0 Å². The predicted molar refractivity (Wildman–Crippen MR) is 113 cm³/mol. The predicted octanol–water partition coefficient (Wildman–Crippen LogP) is 6.63. The Morgan fingerprint density at radius 2 is 1.96 bits per heavy atom. The molecule has 0 bridgehead atoms. The van der Waals surface area contributed by atoms with E-state index >= 15 is 0 Å². The zero-order valence-electron chi connectivity index (χ0n) is 13.7. The molecule has 1 amide bonds. The zero-order valence-corrected chi connectivity index (χ0v) is 16.9. The van der Waals surface area contributed by atoms with E-state index in [9.17, 15) is 4.79 Å². The van der Waals surface area contributed by atoms with Crippen LogP contribution in [-0.4, -0.2) is 16.6 Å². The van der Waals surface area contributed by atoms with Crippen molar-refractivity contribution in [2.45, 2.75) is 17.7 Å². The molecular formula is C19H16Cl2N2OS2. The number of nitrogens with zero attached hydrogens (tertiary/aromatic N) is 1. The topological polar surface area (TPSA) is 42.0 Å². The van der Waals surface area contributed by atoms with Crippen molar-refractivity contribution in [2.75, 3.05) is 11.1 Å². The maximum atomic E-state index is 12.1. The maximum absolute atomic E-state index is 12.1. The van der Waals surface area contributed by atoms with Gasteiger partial charge < -0.3 is 5.32 Å². The van der Waals surface area contributed by atoms with Crippen LogP contribution in [-0.2, 0) is 4.79 Å². The lowest BCUT2D eigenvalue weighted by Crippen LogP contribution is -2.11. The van der Waals surface area contributed by atoms with E-state index < -0.39 is 0 Å². The van der Waals surface area contributed by atoms with Crippen LogP contribution >= 0.6 is 46.3 Å². The Hall–Kier alpha value is -1.53. The van der Waals surface area contributed by atoms with Crippen molar-refractivity contribution < 1.29 is 4.79 Å². The van der Waals surface area contributed by atoms with Crippen molar-refractivity contribution in [3.8, 4) is 11.3 Å². The summed E-state index contributed by atoms with van der Waals surface area (Å²) in [5, 5.41) is 6.42. The summed E-state index contributed by atoms with van der Waals surface area (Å²) in [4.78, 5) is 17.7. The van der Waals surface area contributed by atoms with Crippen LogP contribution in [0.15, 0.2) is 58.8 Å². The number of carbonyl (C=O) groups excluding carboxylic acids is 1. The van der Waals surface area contributed by atoms with Crippen LogP contribution in [0.2, 0.25) is 10.0 Å². The molecule has 0 saturated heterocycles. The summed E-state index contributed by atoms with van der Waals surface area (Å²) in [6, 6.07) is 15.5. The fourth-order valence-electron chi connectivity index (χ4n) is 2.27. The minimum absolute atomic E-state index is 0.0261. The standard InChI is InChI=1S/C19H16Cl2N2OS2/c20-13-8-9-15(16(21)11-13)17-12-26-19(22-17)23-18(24)7-4-10-25-14-5-2-1-3-6-14/h1-3,5-6,8-9,11-12H,4,7,10H2,(H,22,23,24). The highest BCUT2D eigenvalue weighted by molar-refractivity contribution is 7.99. The van der Waals surface area contributed by atoms with Gasteiger partial charge in [-0.1, -0.05) is 41.4 Å². The second-order valence-corrected chi connectivity index (χ2v) is 8.35. The number of thiazole rings is 1. The molecular weight excluding hydrogens is 407 g/mol. The summed E-state index contributed by atoms with van der Waals surface area (Å²) >= 11 is 15.3. The first kappa shape index (κ1) is 19.2. The summed E-state index contributed by atoms with van der Waals surface area (Å²) in [6.07, 6.45) is 1.28. The molecule has 3 nitrogen and oxygen atoms in total. The summed E-state index contributed by atoms with van der Waals surface area (Å²) in [6.45, 7) is 0. The number of carbonyl (C=O) groups is 1. The first-order chi connectivity index (χ1) is 12.6. The maximum Gasteiger partial charge on any atom is 0.226 e. The highest BCUT2D eigenvalue weighted by atomic mass is 35.5. The molecule has 0 fully saturated rings. The fourth-order valence-corrected chi connectivity index (χ4v) is 4.38. The van der Waals surface area contributed by atoms with E-state index in [-0.39, 0.29) is 5.91 Å². The fraction of sp³-hybridized carbons (Fsp3) is 0.158. The lowest BCUT2D eigenvalue weighted by atomic mass is 10.2. The smallest absolute Gasteiger partial charge is 0.226 e. The number of rotatable bonds is 7. The molecule has 0 radical (unpaired) electrons. The number of aromatic nitrogens is 1. The molecule has 3 aromatic rings. The number of nitrogens with one attached hydrogen (secondary N) is 1. The van der Waals surface area contributed by atoms with Gasteiger partial charge in [0.25, 0.3) is 0 Å². The number of hydrogen-bond acceptors (Lipinski definition) is 4. The molecule has 0 aliphatic rings. The summed E-state index contributed by atoms with van der Waals surface area (Å²) in [5.41, 5.74) is 1.53. The van der Waals surface area contributed by atoms with Crippen molar-refractivity contribution in [1.29, 1.82) is 0 Å². The van der Waals surface area contributed by atoms with E-state index in [0.29, 0.717) is 21.6 Å². The first-order valence-corrected chi connectivity index (χ1v) is 10.6. The number of hydrogen-bond donors (Lipinski definition) is 1. The van der Waals surface area contributed by atoms with Gasteiger partial charge >= 0.3 is 0 Å². The third-order valence-corrected chi connectivity index (χ3v) is 5.92. The van der Waals surface area contributed by atoms with Crippen molar-refractivity contribution in [1.82, 2.24) is 4.98 Å². The summed E-state index contributed by atoms with van der Waals surface area (Å²) < 4.78 is 0. The SMILES string of the molecule is O=C(CCCSc1ccccc1)Nc1nc(-c2ccc(Cl)cc2Cl)cs1. The molecule has 0 aliphatic heterocycles. The largest absolute Gasteiger partial charge is 0.302 e. The number of anilines is 1. The molecule has 0 saturated carbocycles. The normalized spacial score (nSPS) is 10.7. The van der Waals surface area contributed by atoms with Gasteiger partial charge in [0.1, 0.15) is 0 Å². The Morgan fingerprint density at radius 1 is 1.15 bits per heavy atom. The lowest BCUT2D eigenvalue weighted by molar-refractivity contribution is -0.116. The molecule has 1 N–H and O–H groups in total. The molecule has 0 aliphatic carbocycles. The van der Waals surface area contributed by atoms with E-state index in [1.807, 2.05) is 29.6 Å². The lowest BCUT2D eigenvalue weighted by Gasteiger charge is -2.03. The molecule has 26 heavy (non-hydrogen) atoms. The van der Waals surface area contributed by atoms with E-state index in [4.69, 9.17) is 23.2 Å². The monoisotopic (exact) mass is 422 g/mol. The molecule has 0 spiro atoms. The zero-order chi connectivity index (χ0) is 18.4. The Balaban J connectivity index is 1.48. The van der Waals surface area contributed by atoms with Crippen LogP contribution in [0.3, 0.4) is 0 Å². The third kappa shape index (κ3) is 5.48. The molecule has 1 heterocycles. The summed E-state index contributed by atoms with van der Waals surface area (Å²) in [7, 11) is 0.